The Morgan fingerprint density at radius 3 is 2.92 bits per heavy atom. The molecular weight excluding hydrogens is 306 g/mol. The SMILES string of the molecule is Cc1noc(C)c1[C@@H]1CCCN1C(=O)c1cc2c([nH]c1=O)CCC2. The van der Waals surface area contributed by atoms with Crippen LogP contribution in [0.1, 0.15) is 63.9 Å². The number of pyridine rings is 1. The first kappa shape index (κ1) is 15.2. The normalized spacial score (nSPS) is 19.8. The van der Waals surface area contributed by atoms with Crippen LogP contribution in [0, 0.1) is 13.8 Å². The molecule has 1 aliphatic heterocycles. The molecule has 1 N–H and O–H groups in total. The van der Waals surface area contributed by atoms with E-state index in [9.17, 15) is 9.59 Å². The first-order chi connectivity index (χ1) is 11.6. The van der Waals surface area contributed by atoms with Gasteiger partial charge in [-0.15, -0.1) is 0 Å². The standard InChI is InChI=1S/C18H21N3O3/c1-10-16(11(2)24-20-10)15-7-4-8-21(15)18(23)13-9-12-5-3-6-14(12)19-17(13)22/h9,15H,3-8H2,1-2H3,(H,19,22)/t15-/m0/s1. The van der Waals surface area contributed by atoms with Crippen molar-refractivity contribution in [1.29, 1.82) is 0 Å². The van der Waals surface area contributed by atoms with Crippen LogP contribution in [0.25, 0.3) is 0 Å². The third kappa shape index (κ3) is 2.28. The maximum atomic E-state index is 13.1. The zero-order chi connectivity index (χ0) is 16.8. The van der Waals surface area contributed by atoms with Gasteiger partial charge in [-0.2, -0.15) is 0 Å². The summed E-state index contributed by atoms with van der Waals surface area (Å²) in [4.78, 5) is 30.1. The lowest BCUT2D eigenvalue weighted by Crippen LogP contribution is -2.35. The average molecular weight is 327 g/mol. The molecule has 2 aromatic heterocycles. The molecule has 1 fully saturated rings. The number of amides is 1. The quantitative estimate of drug-likeness (QED) is 0.919. The molecule has 1 saturated heterocycles. The van der Waals surface area contributed by atoms with Gasteiger partial charge < -0.3 is 14.4 Å². The van der Waals surface area contributed by atoms with E-state index in [1.165, 1.54) is 0 Å². The minimum atomic E-state index is -0.273. The van der Waals surface area contributed by atoms with E-state index in [0.29, 0.717) is 6.54 Å². The number of carbonyl (C=O) groups excluding carboxylic acids is 1. The summed E-state index contributed by atoms with van der Waals surface area (Å²) in [7, 11) is 0. The molecule has 4 rings (SSSR count). The van der Waals surface area contributed by atoms with Crippen molar-refractivity contribution < 1.29 is 9.32 Å². The van der Waals surface area contributed by atoms with Crippen LogP contribution >= 0.6 is 0 Å². The lowest BCUT2D eigenvalue weighted by Gasteiger charge is -2.24. The highest BCUT2D eigenvalue weighted by Crippen LogP contribution is 2.36. The maximum absolute atomic E-state index is 13.1. The number of aromatic amines is 1. The Morgan fingerprint density at radius 2 is 2.17 bits per heavy atom. The zero-order valence-corrected chi connectivity index (χ0v) is 14.0. The molecular formula is C18H21N3O3. The summed E-state index contributed by atoms with van der Waals surface area (Å²) >= 11 is 0. The van der Waals surface area contributed by atoms with E-state index >= 15 is 0 Å². The van der Waals surface area contributed by atoms with E-state index in [1.807, 2.05) is 13.8 Å². The van der Waals surface area contributed by atoms with Gasteiger partial charge in [-0.3, -0.25) is 9.59 Å². The zero-order valence-electron chi connectivity index (χ0n) is 14.0. The molecule has 6 nitrogen and oxygen atoms in total. The largest absolute Gasteiger partial charge is 0.361 e. The highest BCUT2D eigenvalue weighted by molar-refractivity contribution is 5.94. The van der Waals surface area contributed by atoms with Crippen molar-refractivity contribution in [2.45, 2.75) is 52.0 Å². The second-order valence-corrected chi connectivity index (χ2v) is 6.76. The summed E-state index contributed by atoms with van der Waals surface area (Å²) in [6, 6.07) is 1.74. The van der Waals surface area contributed by atoms with Gasteiger partial charge in [0.05, 0.1) is 11.7 Å². The van der Waals surface area contributed by atoms with Gasteiger partial charge in [0.1, 0.15) is 11.3 Å². The number of hydrogen-bond acceptors (Lipinski definition) is 4. The van der Waals surface area contributed by atoms with Gasteiger partial charge in [0.15, 0.2) is 0 Å². The van der Waals surface area contributed by atoms with Crippen LogP contribution in [0.5, 0.6) is 0 Å². The summed E-state index contributed by atoms with van der Waals surface area (Å²) in [5.74, 6) is 0.563. The smallest absolute Gasteiger partial charge is 0.261 e. The van der Waals surface area contributed by atoms with Gasteiger partial charge in [0.25, 0.3) is 11.5 Å². The third-order valence-electron chi connectivity index (χ3n) is 5.25. The van der Waals surface area contributed by atoms with Crippen LogP contribution in [0.3, 0.4) is 0 Å². The van der Waals surface area contributed by atoms with E-state index in [-0.39, 0.29) is 23.1 Å². The fraction of sp³-hybridized carbons (Fsp3) is 0.500. The summed E-state index contributed by atoms with van der Waals surface area (Å²) in [5, 5.41) is 4.01. The summed E-state index contributed by atoms with van der Waals surface area (Å²) < 4.78 is 5.27. The molecule has 0 unspecified atom stereocenters. The monoisotopic (exact) mass is 327 g/mol. The summed E-state index contributed by atoms with van der Waals surface area (Å²) in [6.45, 7) is 4.43. The van der Waals surface area contributed by atoms with E-state index in [0.717, 1.165) is 60.4 Å². The molecule has 0 aromatic carbocycles. The molecule has 1 aliphatic carbocycles. The van der Waals surface area contributed by atoms with Gasteiger partial charge in [-0.1, -0.05) is 5.16 Å². The van der Waals surface area contributed by atoms with Crippen LogP contribution in [0.4, 0.5) is 0 Å². The second kappa shape index (κ2) is 5.61. The van der Waals surface area contributed by atoms with Crippen LogP contribution in [0.15, 0.2) is 15.4 Å². The molecule has 0 radical (unpaired) electrons. The minimum Gasteiger partial charge on any atom is -0.361 e. The number of rotatable bonds is 2. The first-order valence-corrected chi connectivity index (χ1v) is 8.55. The predicted octanol–water partition coefficient (Wildman–Crippen LogP) is 2.45. The molecule has 0 saturated carbocycles. The van der Waals surface area contributed by atoms with Gasteiger partial charge >= 0.3 is 0 Å². The maximum Gasteiger partial charge on any atom is 0.261 e. The van der Waals surface area contributed by atoms with Crippen molar-refractivity contribution in [3.05, 3.63) is 50.3 Å². The van der Waals surface area contributed by atoms with Crippen LogP contribution in [-0.2, 0) is 12.8 Å². The number of likely N-dealkylation sites (tertiary alicyclic amines) is 1. The number of aryl methyl sites for hydroxylation is 4. The number of hydrogen-bond donors (Lipinski definition) is 1. The molecule has 3 heterocycles. The van der Waals surface area contributed by atoms with Crippen molar-refractivity contribution in [3.8, 4) is 0 Å². The molecule has 6 heteroatoms. The molecule has 126 valence electrons. The van der Waals surface area contributed by atoms with Gasteiger partial charge in [-0.25, -0.2) is 0 Å². The van der Waals surface area contributed by atoms with Crippen LogP contribution < -0.4 is 5.56 Å². The first-order valence-electron chi connectivity index (χ1n) is 8.55. The Labute approximate surface area is 139 Å². The van der Waals surface area contributed by atoms with Crippen molar-refractivity contribution in [2.75, 3.05) is 6.54 Å². The number of carbonyl (C=O) groups is 1. The topological polar surface area (TPSA) is 79.2 Å². The lowest BCUT2D eigenvalue weighted by molar-refractivity contribution is 0.0732. The third-order valence-corrected chi connectivity index (χ3v) is 5.25. The minimum absolute atomic E-state index is 0.0589. The van der Waals surface area contributed by atoms with Crippen LogP contribution in [0.2, 0.25) is 0 Å². The van der Waals surface area contributed by atoms with Gasteiger partial charge in [0, 0.05) is 17.8 Å². The summed E-state index contributed by atoms with van der Waals surface area (Å²) in [5.41, 5.74) is 3.88. The number of fused-ring (bicyclic) bond motifs is 1. The van der Waals surface area contributed by atoms with Crippen molar-refractivity contribution in [1.82, 2.24) is 15.0 Å². The number of nitrogens with zero attached hydrogens (tertiary/aromatic N) is 2. The molecule has 0 bridgehead atoms. The highest BCUT2D eigenvalue weighted by Gasteiger charge is 2.35. The number of H-pyrrole nitrogens is 1. The van der Waals surface area contributed by atoms with Gasteiger partial charge in [0.2, 0.25) is 0 Å². The van der Waals surface area contributed by atoms with Crippen LogP contribution in [-0.4, -0.2) is 27.5 Å². The number of aromatic nitrogens is 2. The fourth-order valence-corrected chi connectivity index (χ4v) is 4.10. The molecule has 24 heavy (non-hydrogen) atoms. The Hall–Kier alpha value is -2.37. The molecule has 0 spiro atoms. The molecule has 1 amide bonds. The lowest BCUT2D eigenvalue weighted by atomic mass is 10.0. The van der Waals surface area contributed by atoms with E-state index in [1.54, 1.807) is 11.0 Å². The molecule has 1 atom stereocenters. The Bertz CT molecular complexity index is 845. The van der Waals surface area contributed by atoms with Gasteiger partial charge in [-0.05, 0) is 57.6 Å². The second-order valence-electron chi connectivity index (χ2n) is 6.76. The highest BCUT2D eigenvalue weighted by atomic mass is 16.5. The molecule has 2 aliphatic rings. The Morgan fingerprint density at radius 1 is 1.33 bits per heavy atom. The van der Waals surface area contributed by atoms with Crippen molar-refractivity contribution >= 4 is 5.91 Å². The van der Waals surface area contributed by atoms with E-state index in [2.05, 4.69) is 10.1 Å². The van der Waals surface area contributed by atoms with Crippen molar-refractivity contribution in [2.24, 2.45) is 0 Å². The van der Waals surface area contributed by atoms with Crippen molar-refractivity contribution in [3.63, 3.8) is 0 Å². The van der Waals surface area contributed by atoms with E-state index in [4.69, 9.17) is 4.52 Å². The predicted molar refractivity (Wildman–Crippen MR) is 88.1 cm³/mol. The molecule has 2 aromatic rings. The fourth-order valence-electron chi connectivity index (χ4n) is 4.10. The Balaban J connectivity index is 1.71. The van der Waals surface area contributed by atoms with E-state index < -0.39 is 0 Å². The summed E-state index contributed by atoms with van der Waals surface area (Å²) in [6.07, 6.45) is 4.65. The number of nitrogens with one attached hydrogen (secondary N) is 1. The average Bonchev–Trinajstić information content (AvgIpc) is 3.26. The Kier molecular flexibility index (Phi) is 3.55.